The third-order valence-electron chi connectivity index (χ3n) is 2.13. The highest BCUT2D eigenvalue weighted by atomic mass is 16.6. The maximum absolute atomic E-state index is 10.8. The van der Waals surface area contributed by atoms with Crippen molar-refractivity contribution in [2.45, 2.75) is 12.8 Å². The van der Waals surface area contributed by atoms with E-state index in [1.807, 2.05) is 0 Å². The number of aryl methyl sites for hydroxylation is 1. The molecule has 0 bridgehead atoms. The average Bonchev–Trinajstić information content (AvgIpc) is 2.25. The van der Waals surface area contributed by atoms with Crippen LogP contribution >= 0.6 is 0 Å². The molecular formula is C9H11N3O4. The first kappa shape index (κ1) is 12.1. The van der Waals surface area contributed by atoms with Crippen molar-refractivity contribution < 1.29 is 9.85 Å². The summed E-state index contributed by atoms with van der Waals surface area (Å²) in [6.45, 7) is 0.389. The van der Waals surface area contributed by atoms with Crippen LogP contribution in [0.4, 0.5) is 11.4 Å². The fraction of sp³-hybridized carbons (Fsp3) is 0.333. The fourth-order valence-corrected chi connectivity index (χ4v) is 1.43. The predicted octanol–water partition coefficient (Wildman–Crippen LogP) is 1.39. The second-order valence-corrected chi connectivity index (χ2v) is 3.19. The monoisotopic (exact) mass is 225 g/mol. The molecule has 0 unspecified atom stereocenters. The lowest BCUT2D eigenvalue weighted by Crippen LogP contribution is -2.04. The third-order valence-corrected chi connectivity index (χ3v) is 2.13. The molecule has 0 radical (unpaired) electrons. The number of para-hydroxylation sites is 1. The molecular weight excluding hydrogens is 214 g/mol. The Labute approximate surface area is 91.2 Å². The predicted molar refractivity (Wildman–Crippen MR) is 57.1 cm³/mol. The number of nitro benzene ring substituents is 2. The van der Waals surface area contributed by atoms with Gasteiger partial charge in [0.15, 0.2) is 0 Å². The molecule has 7 nitrogen and oxygen atoms in total. The first-order valence-corrected chi connectivity index (χ1v) is 4.68. The molecule has 7 heteroatoms. The van der Waals surface area contributed by atoms with Gasteiger partial charge >= 0.3 is 11.4 Å². The number of nitrogens with zero attached hydrogens (tertiary/aromatic N) is 2. The summed E-state index contributed by atoms with van der Waals surface area (Å²) < 4.78 is 0. The molecule has 0 amide bonds. The Morgan fingerprint density at radius 1 is 1.19 bits per heavy atom. The van der Waals surface area contributed by atoms with Gasteiger partial charge in [0.25, 0.3) is 0 Å². The molecule has 0 aromatic heterocycles. The Morgan fingerprint density at radius 2 is 1.88 bits per heavy atom. The molecule has 16 heavy (non-hydrogen) atoms. The molecule has 0 spiro atoms. The number of nitrogens with two attached hydrogens (primary N) is 1. The van der Waals surface area contributed by atoms with Crippen LogP contribution in [0.5, 0.6) is 0 Å². The van der Waals surface area contributed by atoms with Gasteiger partial charge in [-0.05, 0) is 19.4 Å². The van der Waals surface area contributed by atoms with E-state index in [2.05, 4.69) is 0 Å². The summed E-state index contributed by atoms with van der Waals surface area (Å²) >= 11 is 0. The molecule has 86 valence electrons. The maximum atomic E-state index is 10.8. The molecule has 0 fully saturated rings. The second-order valence-electron chi connectivity index (χ2n) is 3.19. The SMILES string of the molecule is NCCCc1cccc([N+](=O)[O-])c1[N+](=O)[O-]. The standard InChI is InChI=1S/C9H11N3O4/c10-6-2-4-7-3-1-5-8(11(13)14)9(7)12(15)16/h1,3,5H,2,4,6,10H2. The van der Waals surface area contributed by atoms with Crippen LogP contribution in [-0.2, 0) is 6.42 Å². The van der Waals surface area contributed by atoms with E-state index >= 15 is 0 Å². The lowest BCUT2D eigenvalue weighted by molar-refractivity contribution is -0.423. The van der Waals surface area contributed by atoms with Gasteiger partial charge in [0.1, 0.15) is 0 Å². The summed E-state index contributed by atoms with van der Waals surface area (Å²) in [5.74, 6) is 0. The van der Waals surface area contributed by atoms with Gasteiger partial charge in [0, 0.05) is 11.6 Å². The van der Waals surface area contributed by atoms with Gasteiger partial charge in [-0.15, -0.1) is 0 Å². The van der Waals surface area contributed by atoms with Crippen molar-refractivity contribution in [3.8, 4) is 0 Å². The van der Waals surface area contributed by atoms with Crippen LogP contribution < -0.4 is 5.73 Å². The van der Waals surface area contributed by atoms with Crippen molar-refractivity contribution in [1.82, 2.24) is 0 Å². The Balaban J connectivity index is 3.21. The van der Waals surface area contributed by atoms with Crippen LogP contribution in [0.15, 0.2) is 18.2 Å². The summed E-state index contributed by atoms with van der Waals surface area (Å²) in [5, 5.41) is 21.4. The van der Waals surface area contributed by atoms with E-state index in [1.165, 1.54) is 12.1 Å². The molecule has 1 aromatic carbocycles. The minimum atomic E-state index is -0.746. The highest BCUT2D eigenvalue weighted by Gasteiger charge is 2.27. The molecule has 0 atom stereocenters. The molecule has 0 heterocycles. The number of nitro groups is 2. The van der Waals surface area contributed by atoms with E-state index in [0.717, 1.165) is 6.07 Å². The minimum absolute atomic E-state index is 0.352. The van der Waals surface area contributed by atoms with Gasteiger partial charge in [-0.25, -0.2) is 0 Å². The quantitative estimate of drug-likeness (QED) is 0.601. The van der Waals surface area contributed by atoms with Crippen molar-refractivity contribution >= 4 is 11.4 Å². The molecule has 1 rings (SSSR count). The zero-order valence-corrected chi connectivity index (χ0v) is 8.46. The van der Waals surface area contributed by atoms with Crippen LogP contribution in [0.25, 0.3) is 0 Å². The second kappa shape index (κ2) is 5.17. The topological polar surface area (TPSA) is 112 Å². The van der Waals surface area contributed by atoms with Crippen LogP contribution in [0.1, 0.15) is 12.0 Å². The Kier molecular flexibility index (Phi) is 3.90. The summed E-state index contributed by atoms with van der Waals surface area (Å²) in [4.78, 5) is 19.9. The molecule has 0 saturated carbocycles. The molecule has 1 aromatic rings. The molecule has 2 N–H and O–H groups in total. The van der Waals surface area contributed by atoms with Crippen LogP contribution in [0.2, 0.25) is 0 Å². The number of hydrogen-bond donors (Lipinski definition) is 1. The van der Waals surface area contributed by atoms with Crippen molar-refractivity contribution in [3.63, 3.8) is 0 Å². The van der Waals surface area contributed by atoms with Gasteiger partial charge in [0.2, 0.25) is 0 Å². The summed E-state index contributed by atoms with van der Waals surface area (Å²) in [5.41, 5.74) is 4.75. The van der Waals surface area contributed by atoms with E-state index in [9.17, 15) is 20.2 Å². The summed E-state index contributed by atoms with van der Waals surface area (Å²) in [6.07, 6.45) is 0.927. The van der Waals surface area contributed by atoms with Crippen LogP contribution in [0.3, 0.4) is 0 Å². The highest BCUT2D eigenvalue weighted by molar-refractivity contribution is 5.57. The van der Waals surface area contributed by atoms with E-state index in [0.29, 0.717) is 24.9 Å². The van der Waals surface area contributed by atoms with E-state index in [4.69, 9.17) is 5.73 Å². The Hall–Kier alpha value is -2.02. The lowest BCUT2D eigenvalue weighted by atomic mass is 10.1. The van der Waals surface area contributed by atoms with Gasteiger partial charge in [-0.1, -0.05) is 12.1 Å². The highest BCUT2D eigenvalue weighted by Crippen LogP contribution is 2.30. The van der Waals surface area contributed by atoms with Crippen LogP contribution in [0, 0.1) is 20.2 Å². The first-order valence-electron chi connectivity index (χ1n) is 4.68. The maximum Gasteiger partial charge on any atom is 0.349 e. The number of rotatable bonds is 5. The summed E-state index contributed by atoms with van der Waals surface area (Å²) in [6, 6.07) is 4.09. The first-order chi connectivity index (χ1) is 7.57. The van der Waals surface area contributed by atoms with E-state index < -0.39 is 21.2 Å². The van der Waals surface area contributed by atoms with Gasteiger partial charge in [-0.3, -0.25) is 20.2 Å². The molecule has 0 aliphatic carbocycles. The van der Waals surface area contributed by atoms with E-state index in [1.54, 1.807) is 0 Å². The molecule has 0 saturated heterocycles. The number of benzene rings is 1. The number of hydrogen-bond acceptors (Lipinski definition) is 5. The lowest BCUT2D eigenvalue weighted by Gasteiger charge is -2.02. The van der Waals surface area contributed by atoms with Gasteiger partial charge < -0.3 is 5.73 Å². The minimum Gasteiger partial charge on any atom is -0.330 e. The largest absolute Gasteiger partial charge is 0.349 e. The van der Waals surface area contributed by atoms with Crippen LogP contribution in [-0.4, -0.2) is 16.4 Å². The van der Waals surface area contributed by atoms with Gasteiger partial charge in [0.05, 0.1) is 9.85 Å². The van der Waals surface area contributed by atoms with Gasteiger partial charge in [-0.2, -0.15) is 0 Å². The molecule has 0 aliphatic rings. The normalized spacial score (nSPS) is 10.1. The average molecular weight is 225 g/mol. The van der Waals surface area contributed by atoms with Crippen molar-refractivity contribution in [2.75, 3.05) is 6.54 Å². The Bertz CT molecular complexity index is 419. The summed E-state index contributed by atoms with van der Waals surface area (Å²) in [7, 11) is 0. The van der Waals surface area contributed by atoms with Crippen molar-refractivity contribution in [3.05, 3.63) is 44.0 Å². The smallest absolute Gasteiger partial charge is 0.330 e. The zero-order valence-electron chi connectivity index (χ0n) is 8.46. The third kappa shape index (κ3) is 2.51. The molecule has 0 aliphatic heterocycles. The fourth-order valence-electron chi connectivity index (χ4n) is 1.43. The van der Waals surface area contributed by atoms with Crippen molar-refractivity contribution in [2.24, 2.45) is 5.73 Å². The zero-order chi connectivity index (χ0) is 12.1. The van der Waals surface area contributed by atoms with Crippen molar-refractivity contribution in [1.29, 1.82) is 0 Å². The Morgan fingerprint density at radius 3 is 2.38 bits per heavy atom. The van der Waals surface area contributed by atoms with E-state index in [-0.39, 0.29) is 0 Å².